The number of para-hydroxylation sites is 1. The monoisotopic (exact) mass is 626 g/mol. The Hall–Kier alpha value is -6.12. The molecule has 0 aliphatic heterocycles. The molecule has 2 nitrogen and oxygen atoms in total. The van der Waals surface area contributed by atoms with Crippen molar-refractivity contribution in [3.63, 3.8) is 0 Å². The third-order valence-corrected chi connectivity index (χ3v) is 11.0. The minimum absolute atomic E-state index is 0.203. The molecular formula is C47H30O2. The smallest absolute Gasteiger partial charge is 0.136 e. The van der Waals surface area contributed by atoms with Crippen LogP contribution in [0.5, 0.6) is 0 Å². The Kier molecular flexibility index (Phi) is 5.21. The van der Waals surface area contributed by atoms with Gasteiger partial charge in [0.05, 0.1) is 0 Å². The summed E-state index contributed by atoms with van der Waals surface area (Å²) in [6.45, 7) is 4.75. The van der Waals surface area contributed by atoms with Gasteiger partial charge in [-0.05, 0) is 115 Å². The zero-order valence-electron chi connectivity index (χ0n) is 27.2. The molecule has 49 heavy (non-hydrogen) atoms. The molecule has 0 atom stereocenters. The van der Waals surface area contributed by atoms with Crippen LogP contribution in [0.15, 0.2) is 154 Å². The zero-order valence-corrected chi connectivity index (χ0v) is 27.2. The lowest BCUT2D eigenvalue weighted by Gasteiger charge is -2.23. The topological polar surface area (TPSA) is 26.3 Å². The summed E-state index contributed by atoms with van der Waals surface area (Å²) < 4.78 is 12.9. The maximum absolute atomic E-state index is 6.46. The van der Waals surface area contributed by atoms with Crippen molar-refractivity contribution in [3.05, 3.63) is 157 Å². The van der Waals surface area contributed by atoms with E-state index in [0.29, 0.717) is 0 Å². The maximum Gasteiger partial charge on any atom is 0.136 e. The van der Waals surface area contributed by atoms with Crippen molar-refractivity contribution in [2.45, 2.75) is 19.3 Å². The van der Waals surface area contributed by atoms with Gasteiger partial charge in [0.25, 0.3) is 0 Å². The third-order valence-electron chi connectivity index (χ3n) is 11.0. The van der Waals surface area contributed by atoms with E-state index in [0.717, 1.165) is 38.5 Å². The fraction of sp³-hybridized carbons (Fsp3) is 0.0638. The Morgan fingerprint density at radius 1 is 0.388 bits per heavy atom. The first-order valence-corrected chi connectivity index (χ1v) is 17.0. The molecule has 0 amide bonds. The fourth-order valence-corrected chi connectivity index (χ4v) is 8.65. The molecule has 8 aromatic carbocycles. The van der Waals surface area contributed by atoms with Crippen LogP contribution in [0.2, 0.25) is 0 Å². The number of rotatable bonds is 2. The second-order valence-corrected chi connectivity index (χ2v) is 14.1. The molecule has 0 saturated heterocycles. The molecule has 1 aliphatic carbocycles. The van der Waals surface area contributed by atoms with Gasteiger partial charge in [0, 0.05) is 27.0 Å². The highest BCUT2D eigenvalue weighted by atomic mass is 16.3. The molecule has 0 unspecified atom stereocenters. The van der Waals surface area contributed by atoms with Crippen LogP contribution in [-0.4, -0.2) is 0 Å². The largest absolute Gasteiger partial charge is 0.456 e. The normalized spacial score (nSPS) is 13.7. The van der Waals surface area contributed by atoms with Crippen LogP contribution >= 0.6 is 0 Å². The average molecular weight is 627 g/mol. The van der Waals surface area contributed by atoms with Gasteiger partial charge in [-0.15, -0.1) is 0 Å². The van der Waals surface area contributed by atoms with E-state index in [9.17, 15) is 0 Å². The first-order chi connectivity index (χ1) is 24.0. The Morgan fingerprint density at radius 3 is 1.94 bits per heavy atom. The van der Waals surface area contributed by atoms with E-state index in [-0.39, 0.29) is 5.41 Å². The van der Waals surface area contributed by atoms with Crippen LogP contribution < -0.4 is 0 Å². The van der Waals surface area contributed by atoms with E-state index >= 15 is 0 Å². The van der Waals surface area contributed by atoms with E-state index in [1.807, 2.05) is 6.07 Å². The van der Waals surface area contributed by atoms with Gasteiger partial charge in [-0.25, -0.2) is 0 Å². The minimum atomic E-state index is -0.203. The molecular weight excluding hydrogens is 597 g/mol. The highest BCUT2D eigenvalue weighted by Gasteiger charge is 2.38. The standard InChI is InChI=1S/C47H30O2/c1-47(2)38-23-30(33-15-9-17-41-45(33)37-22-27-10-3-4-11-28(27)25-43(37)49-41)18-21-36(38)46-39(47)24-29-12-5-6-13-32(29)44(46)31-19-20-35-34-14-7-8-16-40(34)48-42(35)26-31/h3-26H,1-2H3. The van der Waals surface area contributed by atoms with Gasteiger partial charge < -0.3 is 8.83 Å². The number of hydrogen-bond donors (Lipinski definition) is 0. The minimum Gasteiger partial charge on any atom is -0.456 e. The molecule has 10 aromatic rings. The van der Waals surface area contributed by atoms with E-state index < -0.39 is 0 Å². The van der Waals surface area contributed by atoms with E-state index in [4.69, 9.17) is 8.83 Å². The highest BCUT2D eigenvalue weighted by molar-refractivity contribution is 6.16. The van der Waals surface area contributed by atoms with Crippen molar-refractivity contribution >= 4 is 65.4 Å². The summed E-state index contributed by atoms with van der Waals surface area (Å²) in [6, 6.07) is 52.8. The zero-order chi connectivity index (χ0) is 32.4. The van der Waals surface area contributed by atoms with E-state index in [2.05, 4.69) is 153 Å². The van der Waals surface area contributed by atoms with Crippen LogP contribution in [0.4, 0.5) is 0 Å². The lowest BCUT2D eigenvalue weighted by molar-refractivity contribution is 0.661. The SMILES string of the molecule is CC1(C)c2cc(-c3cccc4oc5cc6ccccc6cc5c34)ccc2-c2c1cc1ccccc1c2-c1ccc2c(c1)oc1ccccc12. The van der Waals surface area contributed by atoms with Gasteiger partial charge in [-0.3, -0.25) is 0 Å². The molecule has 0 saturated carbocycles. The summed E-state index contributed by atoms with van der Waals surface area (Å²) in [7, 11) is 0. The van der Waals surface area contributed by atoms with Crippen molar-refractivity contribution in [1.82, 2.24) is 0 Å². The number of fused-ring (bicyclic) bond motifs is 11. The fourth-order valence-electron chi connectivity index (χ4n) is 8.65. The molecule has 1 aliphatic rings. The molecule has 2 aromatic heterocycles. The van der Waals surface area contributed by atoms with Crippen molar-refractivity contribution < 1.29 is 8.83 Å². The van der Waals surface area contributed by atoms with Crippen molar-refractivity contribution in [2.75, 3.05) is 0 Å². The highest BCUT2D eigenvalue weighted by Crippen LogP contribution is 2.55. The summed E-state index contributed by atoms with van der Waals surface area (Å²) >= 11 is 0. The molecule has 0 spiro atoms. The molecule has 11 rings (SSSR count). The number of furan rings is 2. The Balaban J connectivity index is 1.15. The van der Waals surface area contributed by atoms with Crippen LogP contribution in [0, 0.1) is 0 Å². The second kappa shape index (κ2) is 9.49. The third kappa shape index (κ3) is 3.66. The summed E-state index contributed by atoms with van der Waals surface area (Å²) in [5, 5.41) is 9.54. The first kappa shape index (κ1) is 26.9. The number of hydrogen-bond acceptors (Lipinski definition) is 2. The Bertz CT molecular complexity index is 3020. The molecule has 0 bridgehead atoms. The van der Waals surface area contributed by atoms with Crippen molar-refractivity contribution in [3.8, 4) is 33.4 Å². The van der Waals surface area contributed by atoms with Crippen LogP contribution in [0.3, 0.4) is 0 Å². The van der Waals surface area contributed by atoms with Gasteiger partial charge in [0.2, 0.25) is 0 Å². The lowest BCUT2D eigenvalue weighted by atomic mass is 9.80. The second-order valence-electron chi connectivity index (χ2n) is 14.1. The summed E-state index contributed by atoms with van der Waals surface area (Å²) in [5.41, 5.74) is 13.6. The Morgan fingerprint density at radius 2 is 1.06 bits per heavy atom. The summed E-state index contributed by atoms with van der Waals surface area (Å²) in [6.07, 6.45) is 0. The van der Waals surface area contributed by atoms with Gasteiger partial charge in [-0.2, -0.15) is 0 Å². The molecule has 0 N–H and O–H groups in total. The van der Waals surface area contributed by atoms with E-state index in [1.165, 1.54) is 71.4 Å². The van der Waals surface area contributed by atoms with Crippen molar-refractivity contribution in [2.24, 2.45) is 0 Å². The van der Waals surface area contributed by atoms with Crippen LogP contribution in [-0.2, 0) is 5.41 Å². The quantitative estimate of drug-likeness (QED) is 0.191. The predicted molar refractivity (Wildman–Crippen MR) is 204 cm³/mol. The van der Waals surface area contributed by atoms with Gasteiger partial charge in [-0.1, -0.05) is 111 Å². The summed E-state index contributed by atoms with van der Waals surface area (Å²) in [4.78, 5) is 0. The van der Waals surface area contributed by atoms with Gasteiger partial charge in [0.1, 0.15) is 22.3 Å². The number of benzene rings is 8. The van der Waals surface area contributed by atoms with Crippen molar-refractivity contribution in [1.29, 1.82) is 0 Å². The van der Waals surface area contributed by atoms with Crippen LogP contribution in [0.25, 0.3) is 98.8 Å². The Labute approximate surface area is 282 Å². The molecule has 2 heterocycles. The molecule has 230 valence electrons. The van der Waals surface area contributed by atoms with E-state index in [1.54, 1.807) is 0 Å². The maximum atomic E-state index is 6.46. The average Bonchev–Trinajstić information content (AvgIpc) is 3.76. The summed E-state index contributed by atoms with van der Waals surface area (Å²) in [5.74, 6) is 0. The molecule has 2 heteroatoms. The first-order valence-electron chi connectivity index (χ1n) is 17.0. The predicted octanol–water partition coefficient (Wildman–Crippen LogP) is 13.4. The molecule has 0 radical (unpaired) electrons. The van der Waals surface area contributed by atoms with Gasteiger partial charge in [0.15, 0.2) is 0 Å². The molecule has 0 fully saturated rings. The lowest BCUT2D eigenvalue weighted by Crippen LogP contribution is -2.15. The van der Waals surface area contributed by atoms with Gasteiger partial charge >= 0.3 is 0 Å². The van der Waals surface area contributed by atoms with Crippen LogP contribution in [0.1, 0.15) is 25.0 Å².